The van der Waals surface area contributed by atoms with Crippen molar-refractivity contribution in [1.82, 2.24) is 4.57 Å². The van der Waals surface area contributed by atoms with Gasteiger partial charge in [0.05, 0.1) is 16.7 Å². The zero-order valence-electron chi connectivity index (χ0n) is 39.9. The fourth-order valence-electron chi connectivity index (χ4n) is 10.9. The topological polar surface area (TPSA) is 21.3 Å². The van der Waals surface area contributed by atoms with E-state index in [0.717, 1.165) is 66.9 Å². The van der Waals surface area contributed by atoms with Gasteiger partial charge in [0.2, 0.25) is 0 Å². The number of fused-ring (bicyclic) bond motifs is 7. The first kappa shape index (κ1) is 42.2. The van der Waals surface area contributed by atoms with Crippen molar-refractivity contribution in [2.45, 2.75) is 0 Å². The number of benzene rings is 12. The van der Waals surface area contributed by atoms with Crippen LogP contribution in [0.2, 0.25) is 0 Å². The van der Waals surface area contributed by atoms with Crippen LogP contribution in [0, 0.1) is 0 Å². The first-order valence-electron chi connectivity index (χ1n) is 25.0. The zero-order chi connectivity index (χ0) is 48.2. The second-order valence-corrected chi connectivity index (χ2v) is 18.9. The second-order valence-electron chi connectivity index (χ2n) is 18.9. The van der Waals surface area contributed by atoms with Crippen LogP contribution in [0.5, 0.6) is 0 Å². The van der Waals surface area contributed by atoms with E-state index in [1.807, 2.05) is 12.1 Å². The van der Waals surface area contributed by atoms with Crippen molar-refractivity contribution in [1.29, 1.82) is 0 Å². The van der Waals surface area contributed by atoms with Crippen molar-refractivity contribution in [3.05, 3.63) is 279 Å². The molecule has 0 aliphatic heterocycles. The number of hydrogen-bond acceptors (Lipinski definition) is 2. The molecule has 14 aromatic rings. The molecular formula is C70H46N2O. The molecule has 0 aliphatic carbocycles. The minimum Gasteiger partial charge on any atom is -0.456 e. The average molecular weight is 931 g/mol. The molecule has 0 saturated heterocycles. The van der Waals surface area contributed by atoms with E-state index in [-0.39, 0.29) is 0 Å². The minimum absolute atomic E-state index is 0.894. The summed E-state index contributed by atoms with van der Waals surface area (Å²) in [7, 11) is 0. The van der Waals surface area contributed by atoms with Crippen molar-refractivity contribution in [3.8, 4) is 61.3 Å². The lowest BCUT2D eigenvalue weighted by atomic mass is 9.96. The van der Waals surface area contributed by atoms with E-state index in [0.29, 0.717) is 0 Å². The minimum atomic E-state index is 0.894. The van der Waals surface area contributed by atoms with Gasteiger partial charge in [0, 0.05) is 44.2 Å². The molecule has 2 heterocycles. The zero-order valence-corrected chi connectivity index (χ0v) is 39.9. The maximum Gasteiger partial charge on any atom is 0.136 e. The lowest BCUT2D eigenvalue weighted by Crippen LogP contribution is -2.09. The van der Waals surface area contributed by atoms with Gasteiger partial charge in [-0.05, 0) is 146 Å². The summed E-state index contributed by atoms with van der Waals surface area (Å²) in [6, 6.07) is 101. The van der Waals surface area contributed by atoms with E-state index in [1.165, 1.54) is 66.0 Å². The SMILES string of the molecule is c1cc(-c2ccc(-c3ccc(N(c4ccc(-c5ccc6c(c5)oc5ccccc56)cc4)c4ccc(-c5ccccc5-n5c6ccccc6c6ccccc65)cc4)cc3)cc2)cc(-c2ccc3ccccc3c2)c1. The van der Waals surface area contributed by atoms with Crippen molar-refractivity contribution >= 4 is 71.6 Å². The van der Waals surface area contributed by atoms with E-state index in [1.54, 1.807) is 0 Å². The van der Waals surface area contributed by atoms with Crippen molar-refractivity contribution in [3.63, 3.8) is 0 Å². The summed E-state index contributed by atoms with van der Waals surface area (Å²) < 4.78 is 8.70. The van der Waals surface area contributed by atoms with Crippen LogP contribution in [0.15, 0.2) is 283 Å². The van der Waals surface area contributed by atoms with Gasteiger partial charge in [0.1, 0.15) is 11.2 Å². The molecular weight excluding hydrogens is 885 g/mol. The van der Waals surface area contributed by atoms with E-state index in [2.05, 4.69) is 276 Å². The van der Waals surface area contributed by atoms with Gasteiger partial charge in [-0.25, -0.2) is 0 Å². The average Bonchev–Trinajstić information content (AvgIpc) is 4.02. The fourth-order valence-corrected chi connectivity index (χ4v) is 10.9. The predicted molar refractivity (Wildman–Crippen MR) is 307 cm³/mol. The maximum atomic E-state index is 6.29. The van der Waals surface area contributed by atoms with Gasteiger partial charge < -0.3 is 13.9 Å². The molecule has 3 heteroatoms. The number of hydrogen-bond donors (Lipinski definition) is 0. The first-order chi connectivity index (χ1) is 36.2. The highest BCUT2D eigenvalue weighted by molar-refractivity contribution is 6.10. The number of furan rings is 1. The Hall–Kier alpha value is -9.70. The number of anilines is 3. The van der Waals surface area contributed by atoms with E-state index in [9.17, 15) is 0 Å². The Balaban J connectivity index is 0.800. The Morgan fingerprint density at radius 2 is 0.699 bits per heavy atom. The van der Waals surface area contributed by atoms with Gasteiger partial charge in [0.15, 0.2) is 0 Å². The summed E-state index contributed by atoms with van der Waals surface area (Å²) in [6.45, 7) is 0. The van der Waals surface area contributed by atoms with Crippen molar-refractivity contribution < 1.29 is 4.42 Å². The largest absolute Gasteiger partial charge is 0.456 e. The predicted octanol–water partition coefficient (Wildman–Crippen LogP) is 19.6. The quantitative estimate of drug-likeness (QED) is 0.144. The third kappa shape index (κ3) is 7.54. The molecule has 0 aliphatic rings. The molecule has 342 valence electrons. The Labute approximate surface area is 423 Å². The highest BCUT2D eigenvalue weighted by atomic mass is 16.3. The molecule has 2 aromatic heterocycles. The van der Waals surface area contributed by atoms with Crippen LogP contribution in [-0.4, -0.2) is 4.57 Å². The van der Waals surface area contributed by atoms with Gasteiger partial charge in [-0.15, -0.1) is 0 Å². The lowest BCUT2D eigenvalue weighted by Gasteiger charge is -2.26. The van der Waals surface area contributed by atoms with Crippen molar-refractivity contribution in [2.75, 3.05) is 4.90 Å². The van der Waals surface area contributed by atoms with Crippen LogP contribution < -0.4 is 4.90 Å². The Kier molecular flexibility index (Phi) is 10.2. The normalized spacial score (nSPS) is 11.6. The smallest absolute Gasteiger partial charge is 0.136 e. The highest BCUT2D eigenvalue weighted by Gasteiger charge is 2.18. The van der Waals surface area contributed by atoms with E-state index >= 15 is 0 Å². The van der Waals surface area contributed by atoms with E-state index in [4.69, 9.17) is 4.42 Å². The molecule has 0 saturated carbocycles. The Morgan fingerprint density at radius 3 is 1.36 bits per heavy atom. The van der Waals surface area contributed by atoms with Crippen LogP contribution in [0.1, 0.15) is 0 Å². The summed E-state index contributed by atoms with van der Waals surface area (Å²) in [5.74, 6) is 0. The lowest BCUT2D eigenvalue weighted by molar-refractivity contribution is 0.669. The molecule has 0 fully saturated rings. The third-order valence-electron chi connectivity index (χ3n) is 14.6. The molecule has 73 heavy (non-hydrogen) atoms. The molecule has 14 rings (SSSR count). The highest BCUT2D eigenvalue weighted by Crippen LogP contribution is 2.41. The third-order valence-corrected chi connectivity index (χ3v) is 14.6. The molecule has 3 nitrogen and oxygen atoms in total. The van der Waals surface area contributed by atoms with Gasteiger partial charge in [-0.3, -0.25) is 0 Å². The Bertz CT molecular complexity index is 4300. The van der Waals surface area contributed by atoms with Crippen LogP contribution in [0.25, 0.3) is 116 Å². The van der Waals surface area contributed by atoms with E-state index < -0.39 is 0 Å². The van der Waals surface area contributed by atoms with Crippen LogP contribution in [-0.2, 0) is 0 Å². The Morgan fingerprint density at radius 1 is 0.260 bits per heavy atom. The van der Waals surface area contributed by atoms with Crippen molar-refractivity contribution in [2.24, 2.45) is 0 Å². The molecule has 0 amide bonds. The second kappa shape index (κ2) is 17.6. The molecule has 0 bridgehead atoms. The number of nitrogens with zero attached hydrogens (tertiary/aromatic N) is 2. The van der Waals surface area contributed by atoms with Gasteiger partial charge in [-0.1, -0.05) is 194 Å². The number of aromatic nitrogens is 1. The maximum absolute atomic E-state index is 6.29. The standard InChI is InChI=1S/C70H46N2O/c1-2-13-53-45-56(29-28-47(53)12-1)55-15-11-14-54(44-55)50-26-24-48(25-27-50)49-30-37-58(38-31-49)71(59-39-32-51(33-40-59)57-36-43-65-64-19-6-10-23-69(64)73-70(65)46-57)60-41-34-52(35-42-60)61-16-3-7-20-66(61)72-67-21-8-4-17-62(67)63-18-5-9-22-68(63)72/h1-46H. The van der Waals surface area contributed by atoms with Gasteiger partial charge >= 0.3 is 0 Å². The summed E-state index contributed by atoms with van der Waals surface area (Å²) in [5.41, 5.74) is 20.3. The van der Waals surface area contributed by atoms with Crippen LogP contribution in [0.4, 0.5) is 17.1 Å². The van der Waals surface area contributed by atoms with Gasteiger partial charge in [-0.2, -0.15) is 0 Å². The summed E-state index contributed by atoms with van der Waals surface area (Å²) in [4.78, 5) is 2.35. The first-order valence-corrected chi connectivity index (χ1v) is 25.0. The molecule has 0 spiro atoms. The fraction of sp³-hybridized carbons (Fsp3) is 0. The molecule has 0 atom stereocenters. The van der Waals surface area contributed by atoms with Crippen LogP contribution in [0.3, 0.4) is 0 Å². The summed E-state index contributed by atoms with van der Waals surface area (Å²) in [5, 5.41) is 7.28. The molecule has 0 radical (unpaired) electrons. The molecule has 0 unspecified atom stereocenters. The monoisotopic (exact) mass is 930 g/mol. The number of para-hydroxylation sites is 4. The van der Waals surface area contributed by atoms with Gasteiger partial charge in [0.25, 0.3) is 0 Å². The molecule has 0 N–H and O–H groups in total. The summed E-state index contributed by atoms with van der Waals surface area (Å²) in [6.07, 6.45) is 0. The summed E-state index contributed by atoms with van der Waals surface area (Å²) >= 11 is 0. The van der Waals surface area contributed by atoms with Crippen LogP contribution >= 0.6 is 0 Å². The molecule has 12 aromatic carbocycles. The number of rotatable bonds is 9.